The van der Waals surface area contributed by atoms with Crippen LogP contribution in [0.1, 0.15) is 72.6 Å². The molecule has 0 aromatic heterocycles. The predicted molar refractivity (Wildman–Crippen MR) is 223 cm³/mol. The standard InChI is InChI=1S/C45H52N6O9/c1-4-6-27-8-11-29(12-9-27)30-13-15-31(16-14-30)42(56)47-22-20-39(54)49-35(7-5-21-46)44(58)51(3)40-32-17-19-38(53)34(25-32)33-23-28(10-18-37(33)52)24-36(45(59)60)50-41(55)26(2)48-43(40)57/h8-19,23,25-26,35-36,40,52-53H,4-7,20-22,24,46H2,1-3H3,(H,47,56)(H,48,57)(H,49,54)(H,50,55)(H,59,60)/p+1/t26-,35-,36-,40-/m0/s1. The number of hydrogen-bond donors (Lipinski definition) is 8. The van der Waals surface area contributed by atoms with Gasteiger partial charge in [0.05, 0.1) is 6.54 Å². The molecule has 1 heterocycles. The van der Waals surface area contributed by atoms with Crippen LogP contribution in [0, 0.1) is 0 Å². The molecule has 1 aliphatic heterocycles. The fourth-order valence-corrected chi connectivity index (χ4v) is 7.11. The molecule has 15 heteroatoms. The van der Waals surface area contributed by atoms with Crippen LogP contribution in [-0.2, 0) is 36.8 Å². The van der Waals surface area contributed by atoms with Crippen molar-refractivity contribution < 1.29 is 49.8 Å². The monoisotopic (exact) mass is 821 g/mol. The van der Waals surface area contributed by atoms with E-state index in [0.717, 1.165) is 28.9 Å². The number of hydrogen-bond acceptors (Lipinski definition) is 8. The molecule has 4 atom stereocenters. The summed E-state index contributed by atoms with van der Waals surface area (Å²) in [6.45, 7) is 3.93. The summed E-state index contributed by atoms with van der Waals surface area (Å²) in [5, 5.41) is 42.2. The molecule has 0 unspecified atom stereocenters. The second-order valence-corrected chi connectivity index (χ2v) is 15.0. The van der Waals surface area contributed by atoms with E-state index < -0.39 is 53.8 Å². The zero-order valence-corrected chi connectivity index (χ0v) is 34.0. The molecule has 0 aliphatic carbocycles. The molecule has 0 fully saturated rings. The molecule has 1 aliphatic rings. The molecule has 5 rings (SSSR count). The Kier molecular flexibility index (Phi) is 15.0. The molecule has 0 spiro atoms. The van der Waals surface area contributed by atoms with Gasteiger partial charge < -0.3 is 47.2 Å². The number of phenolic OH excluding ortho intramolecular Hbond substituents is 2. The average Bonchev–Trinajstić information content (AvgIpc) is 3.23. The van der Waals surface area contributed by atoms with Gasteiger partial charge in [-0.1, -0.05) is 61.9 Å². The molecule has 4 aromatic rings. The van der Waals surface area contributed by atoms with Crippen molar-refractivity contribution in [3.63, 3.8) is 0 Å². The van der Waals surface area contributed by atoms with Crippen LogP contribution in [0.4, 0.5) is 0 Å². The Bertz CT molecular complexity index is 2210. The van der Waals surface area contributed by atoms with E-state index in [9.17, 15) is 44.1 Å². The first kappa shape index (κ1) is 44.4. The third-order valence-electron chi connectivity index (χ3n) is 10.5. The summed E-state index contributed by atoms with van der Waals surface area (Å²) in [6.07, 6.45) is 2.37. The van der Waals surface area contributed by atoms with E-state index in [0.29, 0.717) is 24.1 Å². The number of carboxylic acid groups (broad SMARTS) is 1. The van der Waals surface area contributed by atoms with Crippen LogP contribution in [-0.4, -0.2) is 94.0 Å². The quantitative estimate of drug-likeness (QED) is 0.0932. The first-order valence-electron chi connectivity index (χ1n) is 20.0. The van der Waals surface area contributed by atoms with Crippen molar-refractivity contribution >= 4 is 35.5 Å². The zero-order chi connectivity index (χ0) is 43.5. The minimum Gasteiger partial charge on any atom is -0.507 e. The van der Waals surface area contributed by atoms with Crippen molar-refractivity contribution in [1.82, 2.24) is 26.2 Å². The number of aryl methyl sites for hydroxylation is 1. The molecular formula is C45H53N6O9+. The third-order valence-corrected chi connectivity index (χ3v) is 10.5. The molecule has 0 radical (unpaired) electrons. The van der Waals surface area contributed by atoms with Gasteiger partial charge >= 0.3 is 5.97 Å². The number of benzene rings is 4. The number of carbonyl (C=O) groups excluding carboxylic acids is 5. The van der Waals surface area contributed by atoms with E-state index in [1.54, 1.807) is 12.1 Å². The van der Waals surface area contributed by atoms with Gasteiger partial charge in [-0.2, -0.15) is 0 Å². The number of aliphatic carboxylic acids is 1. The van der Waals surface area contributed by atoms with Crippen LogP contribution < -0.4 is 27.0 Å². The molecule has 15 nitrogen and oxygen atoms in total. The first-order chi connectivity index (χ1) is 28.7. The van der Waals surface area contributed by atoms with Gasteiger partial charge in [0.25, 0.3) is 5.91 Å². The van der Waals surface area contributed by atoms with Gasteiger partial charge in [0, 0.05) is 43.1 Å². The van der Waals surface area contributed by atoms with Gasteiger partial charge in [-0.25, -0.2) is 4.79 Å². The number of carboxylic acids is 1. The Morgan fingerprint density at radius 2 is 1.50 bits per heavy atom. The number of nitrogens with zero attached hydrogens (tertiary/aromatic N) is 1. The van der Waals surface area contributed by atoms with Crippen LogP contribution in [0.3, 0.4) is 0 Å². The lowest BCUT2D eigenvalue weighted by Crippen LogP contribution is -2.55. The Balaban J connectivity index is 1.32. The van der Waals surface area contributed by atoms with Crippen LogP contribution >= 0.6 is 0 Å². The minimum atomic E-state index is -1.43. The largest absolute Gasteiger partial charge is 0.507 e. The van der Waals surface area contributed by atoms with Crippen molar-refractivity contribution in [3.8, 4) is 33.8 Å². The van der Waals surface area contributed by atoms with Gasteiger partial charge in [0.2, 0.25) is 23.6 Å². The van der Waals surface area contributed by atoms with Gasteiger partial charge in [0.1, 0.15) is 35.7 Å². The van der Waals surface area contributed by atoms with Crippen molar-refractivity contribution in [2.24, 2.45) is 0 Å². The van der Waals surface area contributed by atoms with Crippen LogP contribution in [0.15, 0.2) is 84.9 Å². The van der Waals surface area contributed by atoms with Crippen LogP contribution in [0.2, 0.25) is 0 Å². The summed E-state index contributed by atoms with van der Waals surface area (Å²) in [7, 11) is 1.36. The van der Waals surface area contributed by atoms with E-state index in [4.69, 9.17) is 0 Å². The number of amides is 5. The van der Waals surface area contributed by atoms with E-state index >= 15 is 0 Å². The maximum absolute atomic E-state index is 14.3. The molecule has 4 aromatic carbocycles. The lowest BCUT2D eigenvalue weighted by molar-refractivity contribution is -0.368. The summed E-state index contributed by atoms with van der Waals surface area (Å²) in [5.41, 5.74) is 8.39. The van der Waals surface area contributed by atoms with Crippen molar-refractivity contribution in [3.05, 3.63) is 107 Å². The maximum Gasteiger partial charge on any atom is 0.326 e. The number of carbonyl (C=O) groups is 6. The molecule has 0 saturated heterocycles. The Labute approximate surface area is 348 Å². The summed E-state index contributed by atoms with van der Waals surface area (Å²) in [6, 6.07) is 18.7. The summed E-state index contributed by atoms with van der Waals surface area (Å²) < 4.78 is 0. The SMILES string of the molecule is CCCc1ccc(-c2ccc(C(=O)NCCC(=O)N[C@@H](CCC[NH3+])C(=O)N(C)[C@@H]3C(=O)N[C@@H](C)C(=O)N[C@H](C(=O)O)Cc4ccc(O)c(c4)-c4cc3ccc4O)cc2)cc1. The smallest absolute Gasteiger partial charge is 0.326 e. The van der Waals surface area contributed by atoms with E-state index in [1.165, 1.54) is 55.9 Å². The summed E-state index contributed by atoms with van der Waals surface area (Å²) >= 11 is 0. The lowest BCUT2D eigenvalue weighted by Gasteiger charge is -2.32. The number of aromatic hydroxyl groups is 2. The fourth-order valence-electron chi connectivity index (χ4n) is 7.11. The van der Waals surface area contributed by atoms with Crippen LogP contribution in [0.5, 0.6) is 11.5 Å². The number of likely N-dealkylation sites (N-methyl/N-ethyl adjacent to an activating group) is 1. The fraction of sp³-hybridized carbons (Fsp3) is 0.333. The number of rotatable bonds is 14. The van der Waals surface area contributed by atoms with E-state index in [2.05, 4.69) is 58.2 Å². The van der Waals surface area contributed by atoms with Crippen molar-refractivity contribution in [1.29, 1.82) is 0 Å². The zero-order valence-electron chi connectivity index (χ0n) is 34.0. The first-order valence-corrected chi connectivity index (χ1v) is 20.0. The Morgan fingerprint density at radius 1 is 0.867 bits per heavy atom. The second-order valence-electron chi connectivity index (χ2n) is 15.0. The number of quaternary nitrogens is 1. The maximum atomic E-state index is 14.3. The predicted octanol–water partition coefficient (Wildman–Crippen LogP) is 2.84. The Hall–Kier alpha value is -6.74. The van der Waals surface area contributed by atoms with Crippen molar-refractivity contribution in [2.45, 2.75) is 76.5 Å². The number of nitrogens with one attached hydrogen (secondary N) is 4. The normalized spacial score (nSPS) is 17.0. The van der Waals surface area contributed by atoms with Gasteiger partial charge in [-0.3, -0.25) is 24.0 Å². The topological polar surface area (TPSA) is 242 Å². The highest BCUT2D eigenvalue weighted by Gasteiger charge is 2.36. The molecular weight excluding hydrogens is 769 g/mol. The molecule has 10 N–H and O–H groups in total. The van der Waals surface area contributed by atoms with E-state index in [-0.39, 0.29) is 59.9 Å². The molecule has 316 valence electrons. The van der Waals surface area contributed by atoms with Gasteiger partial charge in [-0.15, -0.1) is 0 Å². The molecule has 4 bridgehead atoms. The number of fused-ring (bicyclic) bond motifs is 5. The molecule has 60 heavy (non-hydrogen) atoms. The Morgan fingerprint density at radius 3 is 2.13 bits per heavy atom. The average molecular weight is 822 g/mol. The second kappa shape index (κ2) is 20.3. The molecule has 0 saturated carbocycles. The van der Waals surface area contributed by atoms with E-state index in [1.807, 2.05) is 12.1 Å². The van der Waals surface area contributed by atoms with Crippen LogP contribution in [0.25, 0.3) is 22.3 Å². The summed E-state index contributed by atoms with van der Waals surface area (Å²) in [4.78, 5) is 81.0. The lowest BCUT2D eigenvalue weighted by atomic mass is 9.93. The highest BCUT2D eigenvalue weighted by atomic mass is 16.4. The van der Waals surface area contributed by atoms with Gasteiger partial charge in [-0.05, 0) is 90.4 Å². The third kappa shape index (κ3) is 11.0. The van der Waals surface area contributed by atoms with Gasteiger partial charge in [0.15, 0.2) is 0 Å². The minimum absolute atomic E-state index is 0.0184. The van der Waals surface area contributed by atoms with Crippen molar-refractivity contribution in [2.75, 3.05) is 20.1 Å². The number of phenols is 2. The molecule has 5 amide bonds. The highest BCUT2D eigenvalue weighted by Crippen LogP contribution is 2.39. The summed E-state index contributed by atoms with van der Waals surface area (Å²) in [5.74, 6) is -4.98. The highest BCUT2D eigenvalue weighted by molar-refractivity contribution is 5.97.